The van der Waals surface area contributed by atoms with Crippen LogP contribution in [-0.2, 0) is 9.53 Å². The zero-order valence-electron chi connectivity index (χ0n) is 21.3. The minimum absolute atomic E-state index is 0.00361. The van der Waals surface area contributed by atoms with E-state index in [0.717, 1.165) is 0 Å². The van der Waals surface area contributed by atoms with Gasteiger partial charge in [0.2, 0.25) is 11.4 Å². The number of carbonyl (C=O) groups is 1. The second-order valence-corrected chi connectivity index (χ2v) is 8.46. The van der Waals surface area contributed by atoms with E-state index < -0.39 is 17.5 Å². The molecule has 0 fully saturated rings. The van der Waals surface area contributed by atoms with Crippen molar-refractivity contribution in [1.29, 1.82) is 0 Å². The molecule has 12 nitrogen and oxygen atoms in total. The highest BCUT2D eigenvalue weighted by molar-refractivity contribution is 6.12. The lowest BCUT2D eigenvalue weighted by atomic mass is 9.86. The van der Waals surface area contributed by atoms with Crippen molar-refractivity contribution in [2.75, 3.05) is 26.1 Å². The third kappa shape index (κ3) is 4.35. The molecule has 0 radical (unpaired) electrons. The van der Waals surface area contributed by atoms with Gasteiger partial charge in [-0.15, -0.1) is 0 Å². The van der Waals surface area contributed by atoms with Crippen LogP contribution in [0.2, 0.25) is 0 Å². The largest absolute Gasteiger partial charge is 0.504 e. The SMILES string of the molecule is CCOc1cc(/C=c2\c(=O)oc3n2-c2oc(N)nc2C(c2ccc(O)c(OCC)c2)C=3C(=O)OC)ccc1O. The molecule has 202 valence electrons. The summed E-state index contributed by atoms with van der Waals surface area (Å²) in [6, 6.07) is 8.90. The van der Waals surface area contributed by atoms with Crippen LogP contribution >= 0.6 is 0 Å². The zero-order valence-corrected chi connectivity index (χ0v) is 21.3. The number of ether oxygens (including phenoxy) is 3. The zero-order chi connectivity index (χ0) is 27.8. The minimum Gasteiger partial charge on any atom is -0.504 e. The number of fused-ring (bicyclic) bond motifs is 3. The number of benzene rings is 2. The van der Waals surface area contributed by atoms with Crippen LogP contribution in [-0.4, -0.2) is 46.1 Å². The molecule has 1 aliphatic rings. The third-order valence-corrected chi connectivity index (χ3v) is 6.10. The van der Waals surface area contributed by atoms with E-state index >= 15 is 0 Å². The van der Waals surface area contributed by atoms with Gasteiger partial charge in [0.25, 0.3) is 6.01 Å². The molecular weight excluding hydrogens is 510 g/mol. The van der Waals surface area contributed by atoms with Gasteiger partial charge in [0.15, 0.2) is 23.0 Å². The number of methoxy groups -OCH3 is 1. The summed E-state index contributed by atoms with van der Waals surface area (Å²) in [5.74, 6) is -1.40. The van der Waals surface area contributed by atoms with Gasteiger partial charge in [-0.1, -0.05) is 12.1 Å². The molecule has 2 aromatic heterocycles. The Bertz CT molecular complexity index is 1760. The molecule has 0 saturated heterocycles. The average molecular weight is 536 g/mol. The maximum absolute atomic E-state index is 13.2. The maximum atomic E-state index is 13.2. The van der Waals surface area contributed by atoms with Gasteiger partial charge in [-0.2, -0.15) is 4.98 Å². The molecule has 1 unspecified atom stereocenters. The number of hydrogen-bond donors (Lipinski definition) is 3. The van der Waals surface area contributed by atoms with Gasteiger partial charge in [0.05, 0.1) is 26.2 Å². The molecule has 12 heteroatoms. The van der Waals surface area contributed by atoms with Crippen molar-refractivity contribution in [2.24, 2.45) is 0 Å². The van der Waals surface area contributed by atoms with E-state index in [9.17, 15) is 19.8 Å². The fourth-order valence-corrected chi connectivity index (χ4v) is 4.51. The van der Waals surface area contributed by atoms with Crippen molar-refractivity contribution in [2.45, 2.75) is 19.8 Å². The molecule has 2 aromatic carbocycles. The van der Waals surface area contributed by atoms with Crippen LogP contribution < -0.4 is 31.7 Å². The summed E-state index contributed by atoms with van der Waals surface area (Å²) in [7, 11) is 1.20. The number of nitrogen functional groups attached to an aromatic ring is 1. The normalized spacial score (nSPS) is 14.6. The van der Waals surface area contributed by atoms with Crippen molar-refractivity contribution >= 4 is 23.6 Å². The topological polar surface area (TPSA) is 172 Å². The lowest BCUT2D eigenvalue weighted by Crippen LogP contribution is -2.37. The number of phenols is 2. The number of esters is 1. The van der Waals surface area contributed by atoms with Crippen molar-refractivity contribution in [3.63, 3.8) is 0 Å². The van der Waals surface area contributed by atoms with Gasteiger partial charge in [-0.3, -0.25) is 0 Å². The van der Waals surface area contributed by atoms with E-state index in [1.54, 1.807) is 38.1 Å². The van der Waals surface area contributed by atoms with Crippen LogP contribution in [0.25, 0.3) is 17.5 Å². The first-order valence-electron chi connectivity index (χ1n) is 12.0. The Morgan fingerprint density at radius 3 is 2.41 bits per heavy atom. The van der Waals surface area contributed by atoms with Gasteiger partial charge in [-0.05, 0) is 55.3 Å². The third-order valence-electron chi connectivity index (χ3n) is 6.10. The second-order valence-electron chi connectivity index (χ2n) is 8.46. The molecule has 1 aliphatic heterocycles. The first-order chi connectivity index (χ1) is 18.8. The molecule has 0 bridgehead atoms. The van der Waals surface area contributed by atoms with E-state index in [-0.39, 0.29) is 63.7 Å². The summed E-state index contributed by atoms with van der Waals surface area (Å²) >= 11 is 0. The Balaban J connectivity index is 1.84. The second kappa shape index (κ2) is 9.97. The summed E-state index contributed by atoms with van der Waals surface area (Å²) in [4.78, 5) is 30.7. The van der Waals surface area contributed by atoms with Gasteiger partial charge in [0.1, 0.15) is 16.6 Å². The summed E-state index contributed by atoms with van der Waals surface area (Å²) in [5.41, 5.74) is 6.19. The number of aromatic nitrogens is 2. The predicted octanol–water partition coefficient (Wildman–Crippen LogP) is 1.51. The molecule has 4 aromatic rings. The van der Waals surface area contributed by atoms with E-state index in [2.05, 4.69) is 4.98 Å². The Morgan fingerprint density at radius 1 is 1.08 bits per heavy atom. The number of phenolic OH excluding ortho intramolecular Hbond substituents is 2. The molecule has 39 heavy (non-hydrogen) atoms. The van der Waals surface area contributed by atoms with Crippen molar-refractivity contribution in [1.82, 2.24) is 9.55 Å². The molecule has 5 rings (SSSR count). The molecule has 4 N–H and O–H groups in total. The summed E-state index contributed by atoms with van der Waals surface area (Å²) in [6.07, 6.45) is 1.49. The highest BCUT2D eigenvalue weighted by atomic mass is 16.5. The van der Waals surface area contributed by atoms with Gasteiger partial charge >= 0.3 is 11.6 Å². The molecule has 0 saturated carbocycles. The quantitative estimate of drug-likeness (QED) is 0.293. The van der Waals surface area contributed by atoms with Crippen molar-refractivity contribution < 1.29 is 38.1 Å². The number of nitrogens with zero attached hydrogens (tertiary/aromatic N) is 2. The summed E-state index contributed by atoms with van der Waals surface area (Å²) in [6.45, 7) is 4.15. The van der Waals surface area contributed by atoms with Crippen LogP contribution in [0.1, 0.15) is 36.6 Å². The lowest BCUT2D eigenvalue weighted by Gasteiger charge is -2.22. The first kappa shape index (κ1) is 25.5. The van der Waals surface area contributed by atoms with Crippen LogP contribution in [0.5, 0.6) is 23.0 Å². The number of nitrogens with two attached hydrogens (primary N) is 1. The number of oxazole rings is 2. The van der Waals surface area contributed by atoms with E-state index in [1.165, 1.54) is 29.9 Å². The van der Waals surface area contributed by atoms with Crippen molar-refractivity contribution in [3.8, 4) is 28.9 Å². The Labute approximate surface area is 220 Å². The van der Waals surface area contributed by atoms with Crippen LogP contribution in [0, 0.1) is 0 Å². The van der Waals surface area contributed by atoms with Crippen LogP contribution in [0.15, 0.2) is 50.0 Å². The smallest absolute Gasteiger partial charge is 0.362 e. The minimum atomic E-state index is -0.940. The maximum Gasteiger partial charge on any atom is 0.362 e. The molecule has 0 spiro atoms. The van der Waals surface area contributed by atoms with Gasteiger partial charge in [0, 0.05) is 0 Å². The number of rotatable bonds is 7. The highest BCUT2D eigenvalue weighted by Gasteiger charge is 2.39. The number of anilines is 1. The monoisotopic (exact) mass is 535 g/mol. The van der Waals surface area contributed by atoms with Gasteiger partial charge in [-0.25, -0.2) is 14.2 Å². The fourth-order valence-electron chi connectivity index (χ4n) is 4.51. The van der Waals surface area contributed by atoms with Crippen LogP contribution in [0.4, 0.5) is 6.01 Å². The van der Waals surface area contributed by atoms with E-state index in [0.29, 0.717) is 17.7 Å². The molecule has 0 aliphatic carbocycles. The van der Waals surface area contributed by atoms with Gasteiger partial charge < -0.3 is 39.0 Å². The lowest BCUT2D eigenvalue weighted by molar-refractivity contribution is -0.134. The van der Waals surface area contributed by atoms with Crippen LogP contribution in [0.3, 0.4) is 0 Å². The number of hydrogen-bond acceptors (Lipinski definition) is 11. The number of carbonyl (C=O) groups excluding carboxylic acids is 1. The highest BCUT2D eigenvalue weighted by Crippen LogP contribution is 2.41. The molecule has 0 amide bonds. The van der Waals surface area contributed by atoms with E-state index in [1.807, 2.05) is 0 Å². The number of aromatic hydroxyl groups is 2. The van der Waals surface area contributed by atoms with E-state index in [4.69, 9.17) is 28.8 Å². The first-order valence-corrected chi connectivity index (χ1v) is 12.0. The Morgan fingerprint density at radius 2 is 1.74 bits per heavy atom. The standard InChI is InChI=1S/C27H25N3O9/c1-4-36-18-11-13(6-8-16(18)31)10-15-25(33)38-23-21(26(34)35-3)20(22-24(30(15)23)39-27(28)29-22)14-7-9-17(32)19(12-14)37-5-2/h6-12,20,31-32H,4-5H2,1-3H3,(H2,28,29)/b15-10+. The summed E-state index contributed by atoms with van der Waals surface area (Å²) < 4.78 is 28.7. The molecular formula is C27H25N3O9. The molecule has 3 heterocycles. The molecule has 1 atom stereocenters. The Hall–Kier alpha value is -5.13. The fraction of sp³-hybridized carbons (Fsp3) is 0.222. The Kier molecular flexibility index (Phi) is 6.52. The van der Waals surface area contributed by atoms with Crippen molar-refractivity contribution in [3.05, 3.63) is 74.5 Å². The average Bonchev–Trinajstić information content (AvgIpc) is 3.45. The predicted molar refractivity (Wildman–Crippen MR) is 137 cm³/mol. The summed E-state index contributed by atoms with van der Waals surface area (Å²) in [5, 5.41) is 20.3.